The number of methoxy groups -OCH3 is 3. The number of amides is 4. The van der Waals surface area contributed by atoms with E-state index in [0.717, 1.165) is 5.56 Å². The molecule has 5 aromatic carbocycles. The number of ketones is 2. The van der Waals surface area contributed by atoms with Crippen LogP contribution in [-0.2, 0) is 33.1 Å². The molecule has 0 saturated carbocycles. The Kier molecular flexibility index (Phi) is 23.0. The number of aryl methyl sites for hydroxylation is 1. The SMILES string of the molecule is [C-]#[N+]C[C@@H]1CC(=O)[C@H](NC(=O)[C@@H](CC(C)C)N(C)C(=O)OC(C)(C)C)[C@H](O[Si](C)(C)C(C)(C)C)c2ccc(c(Cl)c2)Oc2cc3cc(c2OC)Oc2ccc(cc2Cl)[C@@H](C)[C@@H]2CC(=O)[C@@H](CC(=S)[C@@H]3NC1=O)c1ccc(OC)c(c1)-c1c(OC)cc(C)cc1[C@@H](CO)NC2=O. The molecule has 0 aliphatic carbocycles. The number of hydrogen-bond acceptors (Lipinski definition) is 15. The first-order chi connectivity index (χ1) is 44.6. The van der Waals surface area contributed by atoms with Crippen LogP contribution in [0, 0.1) is 31.2 Å². The Labute approximate surface area is 573 Å². The molecule has 5 heterocycles. The summed E-state index contributed by atoms with van der Waals surface area (Å²) < 4.78 is 44.7. The quantitative estimate of drug-likeness (QED) is 0.0517. The van der Waals surface area contributed by atoms with Crippen LogP contribution in [0.4, 0.5) is 4.79 Å². The number of aliphatic hydroxyl groups excluding tert-OH is 1. The van der Waals surface area contributed by atoms with E-state index in [0.29, 0.717) is 44.9 Å². The van der Waals surface area contributed by atoms with E-state index in [1.54, 1.807) is 87.5 Å². The van der Waals surface area contributed by atoms with E-state index in [1.807, 2.05) is 73.7 Å². The van der Waals surface area contributed by atoms with Gasteiger partial charge in [0.25, 0.3) is 0 Å². The van der Waals surface area contributed by atoms with Gasteiger partial charge in [0, 0.05) is 41.8 Å². The zero-order valence-electron chi connectivity index (χ0n) is 56.8. The number of aliphatic hydroxyl groups is 1. The lowest BCUT2D eigenvalue weighted by atomic mass is 9.77. The van der Waals surface area contributed by atoms with E-state index < -0.39 is 128 Å². The highest BCUT2D eigenvalue weighted by atomic mass is 35.5. The van der Waals surface area contributed by atoms with Crippen molar-refractivity contribution in [2.45, 2.75) is 161 Å². The molecule has 11 bridgehead atoms. The molecule has 0 aromatic heterocycles. The summed E-state index contributed by atoms with van der Waals surface area (Å²) in [6, 6.07) is 16.8. The normalized spacial score (nSPS) is 21.4. The number of carbonyl (C=O) groups excluding carboxylic acids is 6. The second-order valence-corrected chi connectivity index (χ2v) is 33.8. The first-order valence-electron chi connectivity index (χ1n) is 31.7. The van der Waals surface area contributed by atoms with Crippen molar-refractivity contribution in [2.75, 3.05) is 41.5 Å². The first-order valence-corrected chi connectivity index (χ1v) is 35.8. The van der Waals surface area contributed by atoms with Crippen LogP contribution < -0.4 is 39.6 Å². The molecule has 0 radical (unpaired) electrons. The molecule has 0 spiro atoms. The summed E-state index contributed by atoms with van der Waals surface area (Å²) in [7, 11) is 2.89. The minimum absolute atomic E-state index is 0.0171. The lowest BCUT2D eigenvalue weighted by molar-refractivity contribution is -0.135. The van der Waals surface area contributed by atoms with Crippen LogP contribution in [-0.4, -0.2) is 118 Å². The second kappa shape index (κ2) is 29.8. The number of ether oxygens (including phenoxy) is 6. The first kappa shape index (κ1) is 73.2. The van der Waals surface area contributed by atoms with Crippen LogP contribution in [0.2, 0.25) is 28.2 Å². The van der Waals surface area contributed by atoms with Crippen LogP contribution in [0.25, 0.3) is 16.0 Å². The average Bonchev–Trinajstić information content (AvgIpc) is 0.773. The highest BCUT2D eigenvalue weighted by molar-refractivity contribution is 7.80. The predicted octanol–water partition coefficient (Wildman–Crippen LogP) is 14.5. The van der Waals surface area contributed by atoms with Crippen LogP contribution in [0.5, 0.6) is 40.2 Å². The number of thiocarbonyl (C=S) groups is 1. The van der Waals surface area contributed by atoms with E-state index in [-0.39, 0.29) is 74.4 Å². The third-order valence-electron chi connectivity index (χ3n) is 18.3. The highest BCUT2D eigenvalue weighted by Gasteiger charge is 2.46. The van der Waals surface area contributed by atoms with E-state index in [4.69, 9.17) is 74.8 Å². The summed E-state index contributed by atoms with van der Waals surface area (Å²) in [5.41, 5.74) is 2.96. The second-order valence-electron chi connectivity index (χ2n) is 27.7. The Morgan fingerprint density at radius 3 is 1.96 bits per heavy atom. The van der Waals surface area contributed by atoms with Gasteiger partial charge in [-0.15, -0.1) is 0 Å². The number of benzene rings is 5. The maximum atomic E-state index is 15.9. The fourth-order valence-electron chi connectivity index (χ4n) is 12.1. The topological polar surface area (TPSA) is 231 Å². The van der Waals surface area contributed by atoms with Crippen molar-refractivity contribution in [3.05, 3.63) is 134 Å². The molecule has 5 aliphatic rings. The molecular formula is C72H87Cl2N5O14SSi. The number of hydrogen-bond donors (Lipinski definition) is 4. The molecular weight excluding hydrogens is 1290 g/mol. The molecule has 4 amide bonds. The summed E-state index contributed by atoms with van der Waals surface area (Å²) in [5, 5.41) is 20.1. The zero-order chi connectivity index (χ0) is 69.9. The Balaban J connectivity index is 1.39. The molecule has 0 fully saturated rings. The zero-order valence-corrected chi connectivity index (χ0v) is 60.2. The maximum absolute atomic E-state index is 15.9. The van der Waals surface area contributed by atoms with Crippen LogP contribution >= 0.6 is 35.4 Å². The van der Waals surface area contributed by atoms with Crippen molar-refractivity contribution < 1.29 is 66.7 Å². The molecule has 508 valence electrons. The number of halogens is 2. The van der Waals surface area contributed by atoms with Gasteiger partial charge in [-0.1, -0.05) is 101 Å². The van der Waals surface area contributed by atoms with Gasteiger partial charge in [-0.05, 0) is 158 Å². The molecule has 95 heavy (non-hydrogen) atoms. The van der Waals surface area contributed by atoms with Gasteiger partial charge < -0.3 is 58.7 Å². The molecule has 0 saturated heterocycles. The van der Waals surface area contributed by atoms with E-state index in [2.05, 4.69) is 20.8 Å². The van der Waals surface area contributed by atoms with Crippen LogP contribution in [0.15, 0.2) is 78.9 Å². The minimum Gasteiger partial charge on any atom is -0.496 e. The van der Waals surface area contributed by atoms with Crippen molar-refractivity contribution in [3.8, 4) is 51.4 Å². The summed E-state index contributed by atoms with van der Waals surface area (Å²) >= 11 is 21.1. The van der Waals surface area contributed by atoms with Gasteiger partial charge >= 0.3 is 6.09 Å². The van der Waals surface area contributed by atoms with E-state index >= 15 is 24.0 Å². The van der Waals surface area contributed by atoms with Gasteiger partial charge in [0.2, 0.25) is 30.0 Å². The van der Waals surface area contributed by atoms with Crippen molar-refractivity contribution in [1.82, 2.24) is 20.9 Å². The van der Waals surface area contributed by atoms with Crippen molar-refractivity contribution in [2.24, 2.45) is 17.8 Å². The van der Waals surface area contributed by atoms with Crippen molar-refractivity contribution >= 4 is 84.0 Å². The standard InChI is InChI=1S/C72H87Cl2N5O14SSi/c1-37(2)24-52(79(12)70(86)92-71(5,6)7)69(85)78-64-54(82)30-44(35-75-11)67(83)77-63-43-31-59(66(89-15)60(32-43)91-57-23-20-42(29-50(57)74)65(64)93-95(16,17)72(8,9)10)90-56-22-18-40(28-49(56)73)39(4)45-33-53(81)46(34-61(63)94)41-19-21-55(87-13)48(27-41)62-47(51(36-80)76-68(45)84)25-38(3)26-58(62)88-14/h18-23,25-29,31-32,37,39,44-46,51-52,63-65,80H,24,30,33-36H2,1-10,12-17H3,(H,76,84)(H,77,83)(H,78,85)/t39-,44+,45+,46+,51-,52-,63-,64+,65-/m1/s1. The molecule has 23 heteroatoms. The van der Waals surface area contributed by atoms with E-state index in [1.165, 1.54) is 33.3 Å². The Bertz CT molecular complexity index is 3840. The largest absolute Gasteiger partial charge is 0.496 e. The van der Waals surface area contributed by atoms with Gasteiger partial charge in [-0.25, -0.2) is 11.4 Å². The smallest absolute Gasteiger partial charge is 0.410 e. The van der Waals surface area contributed by atoms with Crippen LogP contribution in [0.1, 0.15) is 151 Å². The average molecular weight is 1380 g/mol. The summed E-state index contributed by atoms with van der Waals surface area (Å²) in [4.78, 5) is 96.6. The minimum atomic E-state index is -2.98. The molecule has 0 unspecified atom stereocenters. The fourth-order valence-corrected chi connectivity index (χ4v) is 14.1. The highest BCUT2D eigenvalue weighted by Crippen LogP contribution is 2.50. The molecule has 9 atom stereocenters. The molecule has 5 aliphatic heterocycles. The van der Waals surface area contributed by atoms with Gasteiger partial charge in [0.15, 0.2) is 25.6 Å². The van der Waals surface area contributed by atoms with Crippen molar-refractivity contribution in [1.29, 1.82) is 0 Å². The summed E-state index contributed by atoms with van der Waals surface area (Å²) in [5.74, 6) is -6.54. The lowest BCUT2D eigenvalue weighted by Gasteiger charge is -2.42. The lowest BCUT2D eigenvalue weighted by Crippen LogP contribution is -2.56. The van der Waals surface area contributed by atoms with Gasteiger partial charge in [0.05, 0.1) is 62.1 Å². The summed E-state index contributed by atoms with van der Waals surface area (Å²) in [6.07, 6.45) is -3.13. The number of nitrogens with one attached hydrogen (secondary N) is 3. The fraction of sp³-hybridized carbons (Fsp3) is 0.472. The molecule has 19 nitrogen and oxygen atoms in total. The van der Waals surface area contributed by atoms with Gasteiger partial charge in [-0.2, -0.15) is 0 Å². The van der Waals surface area contributed by atoms with Crippen LogP contribution in [0.3, 0.4) is 0 Å². The number of rotatable bonds is 12. The molecule has 4 N–H and O–H groups in total. The monoisotopic (exact) mass is 1380 g/mol. The summed E-state index contributed by atoms with van der Waals surface area (Å²) in [6.45, 7) is 29.9. The van der Waals surface area contributed by atoms with Gasteiger partial charge in [0.1, 0.15) is 52.4 Å². The number of Topliss-reactive ketones (excluding diaryl/α,β-unsaturated/α-hetero) is 2. The third-order valence-corrected chi connectivity index (χ3v) is 23.7. The van der Waals surface area contributed by atoms with Crippen molar-refractivity contribution in [3.63, 3.8) is 0 Å². The number of likely N-dealkylation sites (N-methyl/N-ethyl adjacent to an activating group) is 1. The number of nitrogens with zero attached hydrogens (tertiary/aromatic N) is 2. The Hall–Kier alpha value is -7.58. The maximum Gasteiger partial charge on any atom is 0.410 e. The molecule has 10 rings (SSSR count). The van der Waals surface area contributed by atoms with Gasteiger partial charge in [-0.3, -0.25) is 28.9 Å². The van der Waals surface area contributed by atoms with E-state index in [9.17, 15) is 9.90 Å². The number of fused-ring (bicyclic) bond motifs is 15. The molecule has 5 aromatic rings. The Morgan fingerprint density at radius 2 is 1.40 bits per heavy atom. The predicted molar refractivity (Wildman–Crippen MR) is 371 cm³/mol. The third kappa shape index (κ3) is 16.5. The Morgan fingerprint density at radius 1 is 0.789 bits per heavy atom. The number of carbonyl (C=O) groups is 6.